The summed E-state index contributed by atoms with van der Waals surface area (Å²) < 4.78 is 7.28. The highest BCUT2D eigenvalue weighted by atomic mass is 32.2. The van der Waals surface area contributed by atoms with Crippen LogP contribution in [0.2, 0.25) is 0 Å². The molecule has 1 fully saturated rings. The van der Waals surface area contributed by atoms with Gasteiger partial charge in [-0.1, -0.05) is 11.8 Å². The molecule has 4 rings (SSSR count). The molecule has 1 N–H and O–H groups in total. The predicted molar refractivity (Wildman–Crippen MR) is 114 cm³/mol. The lowest BCUT2D eigenvalue weighted by atomic mass is 10.1. The number of aromatic nitrogens is 4. The van der Waals surface area contributed by atoms with Crippen LogP contribution >= 0.6 is 11.8 Å². The fourth-order valence-electron chi connectivity index (χ4n) is 3.75. The first-order valence-corrected chi connectivity index (χ1v) is 11.2. The number of amides is 1. The Morgan fingerprint density at radius 2 is 2.03 bits per heavy atom. The number of furan rings is 1. The van der Waals surface area contributed by atoms with Crippen molar-refractivity contribution in [2.45, 2.75) is 44.8 Å². The van der Waals surface area contributed by atoms with Crippen LogP contribution in [0.3, 0.4) is 0 Å². The van der Waals surface area contributed by atoms with Crippen molar-refractivity contribution in [3.63, 3.8) is 0 Å². The molecule has 0 atom stereocenters. The Kier molecular flexibility index (Phi) is 5.75. The van der Waals surface area contributed by atoms with Crippen molar-refractivity contribution in [2.24, 2.45) is 0 Å². The van der Waals surface area contributed by atoms with Crippen LogP contribution in [-0.4, -0.2) is 51.5 Å². The summed E-state index contributed by atoms with van der Waals surface area (Å²) in [5, 5.41) is 9.18. The lowest BCUT2D eigenvalue weighted by Crippen LogP contribution is -2.30. The number of carbonyl (C=O) groups is 1. The molecule has 0 saturated carbocycles. The van der Waals surface area contributed by atoms with Gasteiger partial charge in [-0.3, -0.25) is 4.79 Å². The molecule has 1 saturated heterocycles. The van der Waals surface area contributed by atoms with Crippen molar-refractivity contribution in [1.82, 2.24) is 25.1 Å². The zero-order chi connectivity index (χ0) is 20.4. The van der Waals surface area contributed by atoms with Crippen LogP contribution < -0.4 is 10.2 Å². The number of piperidine rings is 1. The van der Waals surface area contributed by atoms with Gasteiger partial charge in [0.15, 0.2) is 10.8 Å². The summed E-state index contributed by atoms with van der Waals surface area (Å²) in [5.41, 5.74) is 1.39. The highest BCUT2D eigenvalue weighted by Gasteiger charge is 2.20. The molecule has 8 nitrogen and oxygen atoms in total. The van der Waals surface area contributed by atoms with E-state index in [1.54, 1.807) is 13.0 Å². The Bertz CT molecular complexity index is 1020. The van der Waals surface area contributed by atoms with Crippen molar-refractivity contribution in [3.8, 4) is 0 Å². The minimum absolute atomic E-state index is 0.135. The molecule has 29 heavy (non-hydrogen) atoms. The number of anilines is 1. The lowest BCUT2D eigenvalue weighted by molar-refractivity contribution is 0.0950. The monoisotopic (exact) mass is 414 g/mol. The Balaban J connectivity index is 1.52. The van der Waals surface area contributed by atoms with E-state index in [4.69, 9.17) is 9.40 Å². The minimum atomic E-state index is -0.135. The Labute approximate surface area is 174 Å². The summed E-state index contributed by atoms with van der Waals surface area (Å²) in [7, 11) is 0. The highest BCUT2D eigenvalue weighted by Crippen LogP contribution is 2.28. The van der Waals surface area contributed by atoms with Crippen LogP contribution in [0.25, 0.3) is 11.0 Å². The van der Waals surface area contributed by atoms with Crippen molar-refractivity contribution in [3.05, 3.63) is 29.3 Å². The topological polar surface area (TPSA) is 89.1 Å². The van der Waals surface area contributed by atoms with Gasteiger partial charge in [0.1, 0.15) is 17.3 Å². The fourth-order valence-corrected chi connectivity index (χ4v) is 4.10. The van der Waals surface area contributed by atoms with Crippen molar-refractivity contribution < 1.29 is 9.21 Å². The summed E-state index contributed by atoms with van der Waals surface area (Å²) >= 11 is 1.53. The van der Waals surface area contributed by atoms with E-state index < -0.39 is 0 Å². The molecule has 154 valence electrons. The molecule has 3 aromatic heterocycles. The molecule has 3 aromatic rings. The van der Waals surface area contributed by atoms with Gasteiger partial charge in [0.05, 0.1) is 23.7 Å². The Morgan fingerprint density at radius 3 is 2.72 bits per heavy atom. The van der Waals surface area contributed by atoms with E-state index in [0.717, 1.165) is 40.9 Å². The number of hydrogen-bond donors (Lipinski definition) is 1. The third-order valence-corrected chi connectivity index (χ3v) is 5.74. The molecule has 1 aliphatic rings. The van der Waals surface area contributed by atoms with Gasteiger partial charge in [0, 0.05) is 19.6 Å². The second kappa shape index (κ2) is 8.44. The Hall–Kier alpha value is -2.55. The van der Waals surface area contributed by atoms with Gasteiger partial charge in [-0.2, -0.15) is 5.10 Å². The van der Waals surface area contributed by atoms with Gasteiger partial charge in [0.25, 0.3) is 5.91 Å². The lowest BCUT2D eigenvalue weighted by Gasteiger charge is -2.28. The number of carbonyl (C=O) groups excluding carboxylic acids is 1. The van der Waals surface area contributed by atoms with Gasteiger partial charge in [0.2, 0.25) is 0 Å². The number of nitrogens with zero attached hydrogens (tertiary/aromatic N) is 5. The van der Waals surface area contributed by atoms with Crippen molar-refractivity contribution in [1.29, 1.82) is 0 Å². The van der Waals surface area contributed by atoms with Crippen LogP contribution in [-0.2, 0) is 6.54 Å². The molecule has 9 heteroatoms. The number of nitrogens with one attached hydrogen (secondary N) is 1. The van der Waals surface area contributed by atoms with Gasteiger partial charge in [-0.15, -0.1) is 0 Å². The zero-order valence-electron chi connectivity index (χ0n) is 17.1. The van der Waals surface area contributed by atoms with Crippen LogP contribution in [0.15, 0.2) is 21.8 Å². The maximum atomic E-state index is 12.4. The van der Waals surface area contributed by atoms with Crippen LogP contribution in [0.1, 0.15) is 41.1 Å². The smallest absolute Gasteiger partial charge is 0.254 e. The normalized spacial score (nSPS) is 14.5. The summed E-state index contributed by atoms with van der Waals surface area (Å²) in [6.07, 6.45) is 7.47. The molecule has 4 heterocycles. The third kappa shape index (κ3) is 4.10. The van der Waals surface area contributed by atoms with Gasteiger partial charge >= 0.3 is 0 Å². The van der Waals surface area contributed by atoms with Crippen LogP contribution in [0.4, 0.5) is 5.82 Å². The standard InChI is InChI=1S/C20H26N6O2S/c1-13-11-15(14(2)28-13)19(27)21-7-10-26-18-16(12-22-26)17(23-20(24-18)29-3)25-8-5-4-6-9-25/h11-12H,4-10H2,1-3H3,(H,21,27). The molecule has 0 bridgehead atoms. The Morgan fingerprint density at radius 1 is 1.24 bits per heavy atom. The second-order valence-corrected chi connectivity index (χ2v) is 8.04. The first kappa shape index (κ1) is 19.8. The number of hydrogen-bond acceptors (Lipinski definition) is 7. The van der Waals surface area contributed by atoms with E-state index in [-0.39, 0.29) is 5.91 Å². The van der Waals surface area contributed by atoms with Crippen molar-refractivity contribution in [2.75, 3.05) is 30.8 Å². The summed E-state index contributed by atoms with van der Waals surface area (Å²) in [6.45, 7) is 6.66. The summed E-state index contributed by atoms with van der Waals surface area (Å²) in [6, 6.07) is 1.76. The molecule has 0 aromatic carbocycles. The number of thioether (sulfide) groups is 1. The van der Waals surface area contributed by atoms with Crippen molar-refractivity contribution >= 4 is 34.5 Å². The second-order valence-electron chi connectivity index (χ2n) is 7.27. The quantitative estimate of drug-likeness (QED) is 0.489. The molecule has 1 amide bonds. The molecular weight excluding hydrogens is 388 g/mol. The average Bonchev–Trinajstić information content (AvgIpc) is 3.30. The molecule has 0 aliphatic carbocycles. The first-order valence-electron chi connectivity index (χ1n) is 9.94. The summed E-state index contributed by atoms with van der Waals surface area (Å²) in [5.74, 6) is 2.20. The van der Waals surface area contributed by atoms with E-state index in [1.807, 2.05) is 24.1 Å². The van der Waals surface area contributed by atoms with E-state index in [1.165, 1.54) is 31.0 Å². The zero-order valence-corrected chi connectivity index (χ0v) is 17.9. The largest absolute Gasteiger partial charge is 0.466 e. The maximum Gasteiger partial charge on any atom is 0.254 e. The average molecular weight is 415 g/mol. The third-order valence-electron chi connectivity index (χ3n) is 5.19. The molecule has 0 unspecified atom stereocenters. The number of fused-ring (bicyclic) bond motifs is 1. The first-order chi connectivity index (χ1) is 14.1. The van der Waals surface area contributed by atoms with E-state index in [9.17, 15) is 4.79 Å². The van der Waals surface area contributed by atoms with Crippen LogP contribution in [0, 0.1) is 13.8 Å². The highest BCUT2D eigenvalue weighted by molar-refractivity contribution is 7.98. The number of rotatable bonds is 6. The van der Waals surface area contributed by atoms with E-state index in [0.29, 0.717) is 24.4 Å². The molecule has 0 spiro atoms. The maximum absolute atomic E-state index is 12.4. The van der Waals surface area contributed by atoms with Gasteiger partial charge in [-0.25, -0.2) is 14.6 Å². The molecule has 0 radical (unpaired) electrons. The van der Waals surface area contributed by atoms with E-state index in [2.05, 4.69) is 20.3 Å². The van der Waals surface area contributed by atoms with E-state index >= 15 is 0 Å². The SMILES string of the molecule is CSc1nc(N2CCCCC2)c2cnn(CCNC(=O)c3cc(C)oc3C)c2n1. The fraction of sp³-hybridized carbons (Fsp3) is 0.500. The summed E-state index contributed by atoms with van der Waals surface area (Å²) in [4.78, 5) is 24.2. The molecular formula is C20H26N6O2S. The van der Waals surface area contributed by atoms with Crippen LogP contribution in [0.5, 0.6) is 0 Å². The number of aryl methyl sites for hydroxylation is 2. The van der Waals surface area contributed by atoms with Gasteiger partial charge < -0.3 is 14.6 Å². The van der Waals surface area contributed by atoms with Gasteiger partial charge in [-0.05, 0) is 45.4 Å². The molecule has 1 aliphatic heterocycles. The predicted octanol–water partition coefficient (Wildman–Crippen LogP) is 3.18. The minimum Gasteiger partial charge on any atom is -0.466 e.